The van der Waals surface area contributed by atoms with Crippen LogP contribution in [0.25, 0.3) is 0 Å². The monoisotopic (exact) mass is 192 g/mol. The number of piperidine rings is 1. The summed E-state index contributed by atoms with van der Waals surface area (Å²) >= 11 is -1.68. The maximum absolute atomic E-state index is 10.5. The second-order valence-electron chi connectivity index (χ2n) is 3.16. The van der Waals surface area contributed by atoms with Gasteiger partial charge in [0.25, 0.3) is 0 Å². The van der Waals surface area contributed by atoms with Gasteiger partial charge >= 0.3 is 0 Å². The molecule has 0 spiro atoms. The highest BCUT2D eigenvalue weighted by molar-refractivity contribution is 7.79. The Labute approximate surface area is 75.6 Å². The van der Waals surface area contributed by atoms with Gasteiger partial charge < -0.3 is 9.87 Å². The van der Waals surface area contributed by atoms with E-state index in [1.165, 1.54) is 6.42 Å². The molecule has 2 N–H and O–H groups in total. The van der Waals surface area contributed by atoms with Crippen molar-refractivity contribution < 1.29 is 8.76 Å². The zero-order valence-corrected chi connectivity index (χ0v) is 8.14. The van der Waals surface area contributed by atoms with Crippen molar-refractivity contribution >= 4 is 11.1 Å². The second kappa shape index (κ2) is 4.91. The van der Waals surface area contributed by atoms with Gasteiger partial charge in [0.1, 0.15) is 5.88 Å². The van der Waals surface area contributed by atoms with Gasteiger partial charge in [-0.3, -0.25) is 4.90 Å². The van der Waals surface area contributed by atoms with Gasteiger partial charge in [0.2, 0.25) is 0 Å². The van der Waals surface area contributed by atoms with Crippen molar-refractivity contribution in [2.75, 3.05) is 26.0 Å². The Kier molecular flexibility index (Phi) is 4.14. The molecule has 0 bridgehead atoms. The first kappa shape index (κ1) is 10.1. The summed E-state index contributed by atoms with van der Waals surface area (Å²) in [5, 5.41) is 3.18. The molecule has 0 aromatic heterocycles. The van der Waals surface area contributed by atoms with E-state index in [-0.39, 0.29) is 5.88 Å². The van der Waals surface area contributed by atoms with E-state index in [4.69, 9.17) is 4.55 Å². The van der Waals surface area contributed by atoms with Crippen molar-refractivity contribution in [1.29, 1.82) is 0 Å². The molecular formula is C7H16N2O2S. The van der Waals surface area contributed by atoms with Crippen molar-refractivity contribution in [3.8, 4) is 0 Å². The molecule has 1 fully saturated rings. The highest BCUT2D eigenvalue weighted by atomic mass is 32.2. The third-order valence-corrected chi connectivity index (χ3v) is 2.79. The van der Waals surface area contributed by atoms with Gasteiger partial charge in [0, 0.05) is 12.6 Å². The van der Waals surface area contributed by atoms with Crippen LogP contribution in [0.5, 0.6) is 0 Å². The Morgan fingerprint density at radius 2 is 2.50 bits per heavy atom. The zero-order chi connectivity index (χ0) is 8.97. The number of likely N-dealkylation sites (N-methyl/N-ethyl adjacent to an activating group) is 1. The van der Waals surface area contributed by atoms with Gasteiger partial charge in [-0.1, -0.05) is 0 Å². The molecule has 1 aliphatic heterocycles. The summed E-state index contributed by atoms with van der Waals surface area (Å²) in [5.74, 6) is 0.290. The van der Waals surface area contributed by atoms with E-state index in [0.717, 1.165) is 19.5 Å². The van der Waals surface area contributed by atoms with Gasteiger partial charge in [0.15, 0.2) is 11.1 Å². The number of rotatable bonds is 3. The van der Waals surface area contributed by atoms with Gasteiger partial charge in [-0.25, -0.2) is 4.21 Å². The van der Waals surface area contributed by atoms with Crippen LogP contribution in [0.4, 0.5) is 0 Å². The molecule has 0 aliphatic carbocycles. The van der Waals surface area contributed by atoms with Crippen LogP contribution in [0.15, 0.2) is 0 Å². The van der Waals surface area contributed by atoms with Crippen LogP contribution in [-0.4, -0.2) is 45.7 Å². The largest absolute Gasteiger partial charge is 0.316 e. The van der Waals surface area contributed by atoms with Gasteiger partial charge in [-0.05, 0) is 26.4 Å². The Balaban J connectivity index is 2.30. The SMILES string of the molecule is CNC1CCCN(CS(=O)O)C1. The topological polar surface area (TPSA) is 52.6 Å². The molecule has 2 unspecified atom stereocenters. The number of nitrogens with one attached hydrogen (secondary N) is 1. The maximum Gasteiger partial charge on any atom is 0.167 e. The van der Waals surface area contributed by atoms with E-state index < -0.39 is 11.1 Å². The molecule has 0 saturated carbocycles. The standard InChI is InChI=1S/C7H16N2O2S/c1-8-7-3-2-4-9(5-7)6-12(10)11/h7-8H,2-6H2,1H3,(H,10,11). The lowest BCUT2D eigenvalue weighted by Crippen LogP contribution is -2.45. The summed E-state index contributed by atoms with van der Waals surface area (Å²) in [6.07, 6.45) is 2.29. The smallest absolute Gasteiger partial charge is 0.167 e. The molecule has 1 saturated heterocycles. The Hall–Kier alpha value is 0.0300. The first-order valence-corrected chi connectivity index (χ1v) is 5.47. The molecule has 1 rings (SSSR count). The van der Waals surface area contributed by atoms with Crippen LogP contribution in [0.2, 0.25) is 0 Å². The number of hydrogen-bond acceptors (Lipinski definition) is 3. The second-order valence-corrected chi connectivity index (χ2v) is 4.06. The van der Waals surface area contributed by atoms with Crippen molar-refractivity contribution in [2.24, 2.45) is 0 Å². The minimum Gasteiger partial charge on any atom is -0.316 e. The molecule has 0 aromatic carbocycles. The zero-order valence-electron chi connectivity index (χ0n) is 7.32. The van der Waals surface area contributed by atoms with Crippen LogP contribution in [0, 0.1) is 0 Å². The Morgan fingerprint density at radius 3 is 3.08 bits per heavy atom. The molecule has 0 aromatic rings. The Bertz CT molecular complexity index is 165. The van der Waals surface area contributed by atoms with E-state index in [1.54, 1.807) is 0 Å². The van der Waals surface area contributed by atoms with E-state index in [0.29, 0.717) is 6.04 Å². The quantitative estimate of drug-likeness (QED) is 0.611. The molecule has 12 heavy (non-hydrogen) atoms. The summed E-state index contributed by atoms with van der Waals surface area (Å²) in [6.45, 7) is 1.84. The van der Waals surface area contributed by atoms with E-state index >= 15 is 0 Å². The van der Waals surface area contributed by atoms with Crippen molar-refractivity contribution in [1.82, 2.24) is 10.2 Å². The van der Waals surface area contributed by atoms with Crippen molar-refractivity contribution in [2.45, 2.75) is 18.9 Å². The summed E-state index contributed by atoms with van der Waals surface area (Å²) in [6, 6.07) is 0.488. The number of nitrogens with zero attached hydrogens (tertiary/aromatic N) is 1. The summed E-state index contributed by atoms with van der Waals surface area (Å²) in [5.41, 5.74) is 0. The van der Waals surface area contributed by atoms with Crippen LogP contribution in [0.3, 0.4) is 0 Å². The summed E-state index contributed by atoms with van der Waals surface area (Å²) in [7, 11) is 1.93. The van der Waals surface area contributed by atoms with Gasteiger partial charge in [-0.15, -0.1) is 0 Å². The predicted octanol–water partition coefficient (Wildman–Crippen LogP) is -0.151. The molecule has 0 radical (unpaired) electrons. The van der Waals surface area contributed by atoms with E-state index in [2.05, 4.69) is 5.32 Å². The van der Waals surface area contributed by atoms with Crippen LogP contribution >= 0.6 is 0 Å². The molecular weight excluding hydrogens is 176 g/mol. The van der Waals surface area contributed by atoms with Crippen LogP contribution in [-0.2, 0) is 11.1 Å². The summed E-state index contributed by atoms with van der Waals surface area (Å²) < 4.78 is 19.2. The molecule has 4 nitrogen and oxygen atoms in total. The predicted molar refractivity (Wildman–Crippen MR) is 49.3 cm³/mol. The molecule has 1 aliphatic rings. The Morgan fingerprint density at radius 1 is 1.75 bits per heavy atom. The highest BCUT2D eigenvalue weighted by Crippen LogP contribution is 2.09. The third kappa shape index (κ3) is 3.18. The molecule has 2 atom stereocenters. The summed E-state index contributed by atoms with van der Waals surface area (Å²) in [4.78, 5) is 2.03. The van der Waals surface area contributed by atoms with E-state index in [9.17, 15) is 4.21 Å². The first-order valence-electron chi connectivity index (χ1n) is 4.19. The minimum absolute atomic E-state index is 0.290. The lowest BCUT2D eigenvalue weighted by molar-refractivity contribution is 0.220. The fraction of sp³-hybridized carbons (Fsp3) is 1.00. The lowest BCUT2D eigenvalue weighted by atomic mass is 10.1. The molecule has 1 heterocycles. The number of likely N-dealkylation sites (tertiary alicyclic amines) is 1. The minimum atomic E-state index is -1.68. The average molecular weight is 192 g/mol. The first-order chi connectivity index (χ1) is 5.72. The molecule has 0 amide bonds. The third-order valence-electron chi connectivity index (χ3n) is 2.21. The fourth-order valence-electron chi connectivity index (χ4n) is 1.56. The van der Waals surface area contributed by atoms with Crippen molar-refractivity contribution in [3.63, 3.8) is 0 Å². The van der Waals surface area contributed by atoms with Crippen LogP contribution < -0.4 is 5.32 Å². The van der Waals surface area contributed by atoms with Crippen molar-refractivity contribution in [3.05, 3.63) is 0 Å². The highest BCUT2D eigenvalue weighted by Gasteiger charge is 2.18. The van der Waals surface area contributed by atoms with E-state index in [1.807, 2.05) is 11.9 Å². The maximum atomic E-state index is 10.5. The van der Waals surface area contributed by atoms with Gasteiger partial charge in [-0.2, -0.15) is 0 Å². The fourth-order valence-corrected chi connectivity index (χ4v) is 2.11. The average Bonchev–Trinajstić information content (AvgIpc) is 2.03. The number of hydrogen-bond donors (Lipinski definition) is 2. The normalized spacial score (nSPS) is 28.7. The lowest BCUT2D eigenvalue weighted by Gasteiger charge is -2.31. The molecule has 5 heteroatoms. The van der Waals surface area contributed by atoms with Crippen LogP contribution in [0.1, 0.15) is 12.8 Å². The molecule has 72 valence electrons. The van der Waals surface area contributed by atoms with Gasteiger partial charge in [0.05, 0.1) is 0 Å².